The predicted molar refractivity (Wildman–Crippen MR) is 75.2 cm³/mol. The molecule has 0 spiro atoms. The van der Waals surface area contributed by atoms with Gasteiger partial charge in [0.15, 0.2) is 0 Å². The molecule has 0 unspecified atom stereocenters. The molecule has 2 rings (SSSR count). The first kappa shape index (κ1) is 14.4. The van der Waals surface area contributed by atoms with Crippen LogP contribution in [-0.4, -0.2) is 13.5 Å². The van der Waals surface area contributed by atoms with Crippen LogP contribution in [0.15, 0.2) is 39.0 Å². The summed E-state index contributed by atoms with van der Waals surface area (Å²) in [6, 6.07) is 6.86. The minimum Gasteiger partial charge on any atom is -0.391 e. The summed E-state index contributed by atoms with van der Waals surface area (Å²) in [6.07, 6.45) is 0. The zero-order valence-electron chi connectivity index (χ0n) is 9.43. The van der Waals surface area contributed by atoms with Crippen molar-refractivity contribution in [1.82, 2.24) is 0 Å². The minimum absolute atomic E-state index is 0.0240. The maximum atomic E-state index is 13.5. The van der Waals surface area contributed by atoms with Gasteiger partial charge in [-0.05, 0) is 30.3 Å². The summed E-state index contributed by atoms with van der Waals surface area (Å²) >= 11 is 4.08. The van der Waals surface area contributed by atoms with E-state index >= 15 is 0 Å². The van der Waals surface area contributed by atoms with E-state index in [0.717, 1.165) is 17.4 Å². The number of aliphatic hydroxyl groups excluding tert-OH is 1. The van der Waals surface area contributed by atoms with Crippen LogP contribution in [0.25, 0.3) is 0 Å². The molecule has 0 aliphatic carbocycles. The van der Waals surface area contributed by atoms with E-state index in [1.54, 1.807) is 0 Å². The normalized spacial score (nSPS) is 11.5. The third kappa shape index (κ3) is 3.33. The zero-order valence-corrected chi connectivity index (χ0v) is 12.6. The maximum absolute atomic E-state index is 13.5. The Balaban J connectivity index is 2.33. The van der Waals surface area contributed by atoms with Crippen LogP contribution in [0.2, 0.25) is 0 Å². The topological polar surface area (TPSA) is 66.4 Å². The van der Waals surface area contributed by atoms with Crippen molar-refractivity contribution in [3.63, 3.8) is 0 Å². The van der Waals surface area contributed by atoms with Gasteiger partial charge < -0.3 is 5.11 Å². The molecule has 0 atom stereocenters. The lowest BCUT2D eigenvalue weighted by Crippen LogP contribution is -2.12. The highest BCUT2D eigenvalue weighted by molar-refractivity contribution is 9.10. The third-order valence-electron chi connectivity index (χ3n) is 2.23. The predicted octanol–water partition coefficient (Wildman–Crippen LogP) is 2.94. The van der Waals surface area contributed by atoms with Gasteiger partial charge in [0.25, 0.3) is 10.0 Å². The zero-order chi connectivity index (χ0) is 14.0. The fraction of sp³-hybridized carbons (Fsp3) is 0.0909. The van der Waals surface area contributed by atoms with Gasteiger partial charge in [-0.2, -0.15) is 0 Å². The van der Waals surface area contributed by atoms with Crippen molar-refractivity contribution in [3.05, 3.63) is 45.5 Å². The molecule has 2 N–H and O–H groups in total. The van der Waals surface area contributed by atoms with Crippen molar-refractivity contribution < 1.29 is 17.9 Å². The monoisotopic (exact) mass is 365 g/mol. The lowest BCUT2D eigenvalue weighted by Gasteiger charge is -2.07. The minimum atomic E-state index is -3.85. The molecule has 0 aliphatic heterocycles. The molecule has 0 bridgehead atoms. The first-order valence-electron chi connectivity index (χ1n) is 5.10. The highest BCUT2D eigenvalue weighted by Crippen LogP contribution is 2.26. The summed E-state index contributed by atoms with van der Waals surface area (Å²) in [5, 5.41) is 8.92. The SMILES string of the molecule is O=S(=O)(Nc1cc(Br)ccc1F)c1ccc(CO)s1. The Kier molecular flexibility index (Phi) is 4.24. The van der Waals surface area contributed by atoms with Crippen molar-refractivity contribution in [1.29, 1.82) is 0 Å². The number of benzene rings is 1. The van der Waals surface area contributed by atoms with Gasteiger partial charge in [-0.15, -0.1) is 11.3 Å². The highest BCUT2D eigenvalue weighted by atomic mass is 79.9. The second-order valence-electron chi connectivity index (χ2n) is 3.61. The average Bonchev–Trinajstić information content (AvgIpc) is 2.83. The highest BCUT2D eigenvalue weighted by Gasteiger charge is 2.18. The molecule has 1 aromatic carbocycles. The summed E-state index contributed by atoms with van der Waals surface area (Å²) in [7, 11) is -3.85. The van der Waals surface area contributed by atoms with Gasteiger partial charge >= 0.3 is 0 Å². The first-order chi connectivity index (χ1) is 8.92. The molecule has 8 heteroatoms. The van der Waals surface area contributed by atoms with Crippen LogP contribution in [0.1, 0.15) is 4.88 Å². The van der Waals surface area contributed by atoms with Crippen LogP contribution in [0.5, 0.6) is 0 Å². The first-order valence-corrected chi connectivity index (χ1v) is 8.19. The molecule has 102 valence electrons. The van der Waals surface area contributed by atoms with Crippen LogP contribution in [0.3, 0.4) is 0 Å². The molecule has 2 aromatic rings. The van der Waals surface area contributed by atoms with Crippen molar-refractivity contribution in [3.8, 4) is 0 Å². The van der Waals surface area contributed by atoms with E-state index in [9.17, 15) is 12.8 Å². The third-order valence-corrected chi connectivity index (χ3v) is 5.65. The molecule has 1 aromatic heterocycles. The van der Waals surface area contributed by atoms with E-state index in [-0.39, 0.29) is 16.5 Å². The number of rotatable bonds is 4. The number of aliphatic hydroxyl groups is 1. The molecule has 19 heavy (non-hydrogen) atoms. The average molecular weight is 366 g/mol. The lowest BCUT2D eigenvalue weighted by molar-refractivity contribution is 0.285. The van der Waals surface area contributed by atoms with Crippen molar-refractivity contribution >= 4 is 43.0 Å². The Morgan fingerprint density at radius 3 is 2.68 bits per heavy atom. The van der Waals surface area contributed by atoms with E-state index in [2.05, 4.69) is 20.7 Å². The molecule has 0 radical (unpaired) electrons. The molecule has 0 aliphatic rings. The number of thiophene rings is 1. The number of hydrogen-bond donors (Lipinski definition) is 2. The largest absolute Gasteiger partial charge is 0.391 e. The Labute approximate surface area is 122 Å². The smallest absolute Gasteiger partial charge is 0.271 e. The molecule has 0 fully saturated rings. The molecule has 4 nitrogen and oxygen atoms in total. The van der Waals surface area contributed by atoms with Gasteiger partial charge in [-0.3, -0.25) is 4.72 Å². The molecule has 0 saturated carbocycles. The van der Waals surface area contributed by atoms with Gasteiger partial charge in [-0.1, -0.05) is 15.9 Å². The number of sulfonamides is 1. The van der Waals surface area contributed by atoms with E-state index in [1.165, 1.54) is 24.3 Å². The van der Waals surface area contributed by atoms with Gasteiger partial charge in [0.2, 0.25) is 0 Å². The molecule has 0 saturated heterocycles. The van der Waals surface area contributed by atoms with E-state index in [4.69, 9.17) is 5.11 Å². The fourth-order valence-electron chi connectivity index (χ4n) is 1.36. The Bertz CT molecular complexity index is 700. The molecular weight excluding hydrogens is 357 g/mol. The van der Waals surface area contributed by atoms with Gasteiger partial charge in [0.1, 0.15) is 10.0 Å². The van der Waals surface area contributed by atoms with Crippen LogP contribution in [0, 0.1) is 5.82 Å². The van der Waals surface area contributed by atoms with Crippen LogP contribution >= 0.6 is 27.3 Å². The van der Waals surface area contributed by atoms with Crippen molar-refractivity contribution in [2.45, 2.75) is 10.8 Å². The summed E-state index contributed by atoms with van der Waals surface area (Å²) in [6.45, 7) is -0.231. The van der Waals surface area contributed by atoms with E-state index in [0.29, 0.717) is 9.35 Å². The van der Waals surface area contributed by atoms with E-state index in [1.807, 2.05) is 0 Å². The van der Waals surface area contributed by atoms with Crippen LogP contribution in [0.4, 0.5) is 10.1 Å². The van der Waals surface area contributed by atoms with E-state index < -0.39 is 15.8 Å². The molecule has 1 heterocycles. The van der Waals surface area contributed by atoms with Gasteiger partial charge in [0, 0.05) is 9.35 Å². The number of hydrogen-bond acceptors (Lipinski definition) is 4. The standard InChI is InChI=1S/C11H9BrFNO3S2/c12-7-1-3-9(13)10(5-7)14-19(16,17)11-4-2-8(6-15)18-11/h1-5,14-15H,6H2. The molecular formula is C11H9BrFNO3S2. The number of halogens is 2. The Morgan fingerprint density at radius 2 is 2.05 bits per heavy atom. The number of anilines is 1. The number of nitrogens with one attached hydrogen (secondary N) is 1. The van der Waals surface area contributed by atoms with Crippen molar-refractivity contribution in [2.75, 3.05) is 4.72 Å². The van der Waals surface area contributed by atoms with Gasteiger partial charge in [-0.25, -0.2) is 12.8 Å². The van der Waals surface area contributed by atoms with Crippen LogP contribution in [-0.2, 0) is 16.6 Å². The lowest BCUT2D eigenvalue weighted by atomic mass is 10.3. The van der Waals surface area contributed by atoms with Gasteiger partial charge in [0.05, 0.1) is 12.3 Å². The second-order valence-corrected chi connectivity index (χ2v) is 7.60. The maximum Gasteiger partial charge on any atom is 0.271 e. The van der Waals surface area contributed by atoms with Crippen LogP contribution < -0.4 is 4.72 Å². The summed E-state index contributed by atoms with van der Waals surface area (Å²) in [5.74, 6) is -0.661. The quantitative estimate of drug-likeness (QED) is 0.875. The molecule has 0 amide bonds. The summed E-state index contributed by atoms with van der Waals surface area (Å²) in [4.78, 5) is 0.523. The summed E-state index contributed by atoms with van der Waals surface area (Å²) in [5.41, 5.74) is -0.131. The Hall–Kier alpha value is -0.960. The Morgan fingerprint density at radius 1 is 1.32 bits per heavy atom. The fourth-order valence-corrected chi connectivity index (χ4v) is 3.99. The van der Waals surface area contributed by atoms with Crippen molar-refractivity contribution in [2.24, 2.45) is 0 Å². The summed E-state index contributed by atoms with van der Waals surface area (Å²) < 4.78 is 40.3. The second kappa shape index (κ2) is 5.58.